The third kappa shape index (κ3) is 7.33. The lowest BCUT2D eigenvalue weighted by Gasteiger charge is -2.30. The average Bonchev–Trinajstić information content (AvgIpc) is 3.18. The molecule has 0 aliphatic heterocycles. The summed E-state index contributed by atoms with van der Waals surface area (Å²) in [5.74, 6) is 0.409. The highest BCUT2D eigenvalue weighted by molar-refractivity contribution is 7.17. The van der Waals surface area contributed by atoms with E-state index in [-0.39, 0.29) is 18.3 Å². The van der Waals surface area contributed by atoms with Crippen molar-refractivity contribution in [3.8, 4) is 22.4 Å². The standard InChI is InChI=1S/C26H39N5O2S.ClH/c1-9-30(10-2)22-13-12-20(23(33-11-3)21(22)16-27)26-29-19(8)24(34-26)25(32)28-14-15-31(17(4)5)18(6)7;/h12-13,17-18H,9-11,14-15H2,1-8H3,(H,28,32);1H. The fraction of sp³-hybridized carbons (Fsp3) is 0.577. The average molecular weight is 522 g/mol. The van der Waals surface area contributed by atoms with Crippen LogP contribution in [0.5, 0.6) is 5.75 Å². The van der Waals surface area contributed by atoms with Crippen LogP contribution in [0.3, 0.4) is 0 Å². The number of ether oxygens (including phenoxy) is 1. The van der Waals surface area contributed by atoms with Crippen LogP contribution in [-0.2, 0) is 0 Å². The number of aromatic nitrogens is 1. The quantitative estimate of drug-likeness (QED) is 0.397. The first-order valence-electron chi connectivity index (χ1n) is 12.2. The maximum absolute atomic E-state index is 12.9. The first-order valence-corrected chi connectivity index (χ1v) is 13.0. The number of carbonyl (C=O) groups is 1. The molecule has 0 aliphatic carbocycles. The molecule has 7 nitrogen and oxygen atoms in total. The van der Waals surface area contributed by atoms with Crippen molar-refractivity contribution in [1.82, 2.24) is 15.2 Å². The molecular formula is C26H40ClN5O2S. The molecule has 2 aromatic rings. The first-order chi connectivity index (χ1) is 16.2. The van der Waals surface area contributed by atoms with Crippen molar-refractivity contribution < 1.29 is 9.53 Å². The molecule has 1 amide bonds. The fourth-order valence-corrected chi connectivity index (χ4v) is 5.19. The van der Waals surface area contributed by atoms with E-state index in [1.54, 1.807) is 0 Å². The van der Waals surface area contributed by atoms with Gasteiger partial charge in [-0.25, -0.2) is 4.98 Å². The minimum Gasteiger partial charge on any atom is -0.492 e. The summed E-state index contributed by atoms with van der Waals surface area (Å²) in [4.78, 5) is 22.7. The van der Waals surface area contributed by atoms with Gasteiger partial charge in [0.25, 0.3) is 5.91 Å². The van der Waals surface area contributed by atoms with E-state index < -0.39 is 0 Å². The zero-order valence-corrected chi connectivity index (χ0v) is 23.9. The Bertz CT molecular complexity index is 1000. The molecule has 1 heterocycles. The predicted octanol–water partition coefficient (Wildman–Crippen LogP) is 5.51. The number of anilines is 1. The number of amides is 1. The molecule has 0 saturated carbocycles. The van der Waals surface area contributed by atoms with Crippen molar-refractivity contribution in [1.29, 1.82) is 5.26 Å². The second-order valence-electron chi connectivity index (χ2n) is 8.67. The summed E-state index contributed by atoms with van der Waals surface area (Å²) in [7, 11) is 0. The van der Waals surface area contributed by atoms with Crippen LogP contribution in [0.1, 0.15) is 69.4 Å². The number of hydrogen-bond donors (Lipinski definition) is 1. The minimum absolute atomic E-state index is 0. The van der Waals surface area contributed by atoms with E-state index in [1.807, 2.05) is 26.0 Å². The van der Waals surface area contributed by atoms with Crippen LogP contribution in [-0.4, -0.2) is 60.7 Å². The maximum atomic E-state index is 12.9. The summed E-state index contributed by atoms with van der Waals surface area (Å²) in [6, 6.07) is 7.06. The highest BCUT2D eigenvalue weighted by atomic mass is 35.5. The molecule has 9 heteroatoms. The SMILES string of the molecule is CCOc1c(-c2nc(C)c(C(=O)NCCN(C(C)C)C(C)C)s2)ccc(N(CC)CC)c1C#N.Cl. The number of aryl methyl sites for hydroxylation is 1. The Morgan fingerprint density at radius 1 is 1.17 bits per heavy atom. The van der Waals surface area contributed by atoms with Gasteiger partial charge in [-0.1, -0.05) is 0 Å². The van der Waals surface area contributed by atoms with Crippen LogP contribution in [0, 0.1) is 18.3 Å². The predicted molar refractivity (Wildman–Crippen MR) is 148 cm³/mol. The van der Waals surface area contributed by atoms with Crippen LogP contribution in [0.4, 0.5) is 5.69 Å². The Hall–Kier alpha value is -2.34. The molecule has 1 aromatic carbocycles. The summed E-state index contributed by atoms with van der Waals surface area (Å²) in [5.41, 5.74) is 2.78. The molecule has 1 aromatic heterocycles. The van der Waals surface area contributed by atoms with E-state index in [9.17, 15) is 10.1 Å². The summed E-state index contributed by atoms with van der Waals surface area (Å²) in [6.07, 6.45) is 0. The molecule has 0 bridgehead atoms. The van der Waals surface area contributed by atoms with Crippen molar-refractivity contribution in [2.45, 2.75) is 67.5 Å². The number of nitriles is 1. The Morgan fingerprint density at radius 3 is 2.31 bits per heavy atom. The number of carbonyl (C=O) groups excluding carboxylic acids is 1. The molecule has 194 valence electrons. The number of halogens is 1. The van der Waals surface area contributed by atoms with E-state index >= 15 is 0 Å². The van der Waals surface area contributed by atoms with Gasteiger partial charge in [0.2, 0.25) is 0 Å². The van der Waals surface area contributed by atoms with E-state index in [2.05, 4.69) is 67.7 Å². The van der Waals surface area contributed by atoms with Crippen LogP contribution < -0.4 is 15.0 Å². The van der Waals surface area contributed by atoms with Crippen LogP contribution >= 0.6 is 23.7 Å². The van der Waals surface area contributed by atoms with Crippen molar-refractivity contribution in [3.05, 3.63) is 28.3 Å². The number of benzene rings is 1. The van der Waals surface area contributed by atoms with E-state index in [1.165, 1.54) is 11.3 Å². The number of nitrogens with zero attached hydrogens (tertiary/aromatic N) is 4. The lowest BCUT2D eigenvalue weighted by molar-refractivity contribution is 0.0942. The molecule has 0 atom stereocenters. The van der Waals surface area contributed by atoms with Crippen molar-refractivity contribution in [2.24, 2.45) is 0 Å². The molecule has 0 fully saturated rings. The Labute approximate surface area is 220 Å². The van der Waals surface area contributed by atoms with Gasteiger partial charge in [0.15, 0.2) is 0 Å². The zero-order chi connectivity index (χ0) is 25.4. The minimum atomic E-state index is -0.119. The third-order valence-electron chi connectivity index (χ3n) is 5.86. The largest absolute Gasteiger partial charge is 0.492 e. The lowest BCUT2D eigenvalue weighted by Crippen LogP contribution is -2.42. The van der Waals surface area contributed by atoms with Gasteiger partial charge in [-0.05, 0) is 67.5 Å². The normalized spacial score (nSPS) is 10.9. The fourth-order valence-electron chi connectivity index (χ4n) is 4.18. The van der Waals surface area contributed by atoms with E-state index in [0.29, 0.717) is 52.1 Å². The Kier molecular flexibility index (Phi) is 12.5. The third-order valence-corrected chi connectivity index (χ3v) is 7.05. The molecule has 0 aliphatic rings. The van der Waals surface area contributed by atoms with Gasteiger partial charge in [0, 0.05) is 38.3 Å². The van der Waals surface area contributed by atoms with Crippen molar-refractivity contribution >= 4 is 35.3 Å². The molecule has 0 radical (unpaired) electrons. The summed E-state index contributed by atoms with van der Waals surface area (Å²) in [6.45, 7) is 19.9. The van der Waals surface area contributed by atoms with Crippen molar-refractivity contribution in [3.63, 3.8) is 0 Å². The number of thiazole rings is 1. The maximum Gasteiger partial charge on any atom is 0.263 e. The monoisotopic (exact) mass is 521 g/mol. The molecule has 2 rings (SSSR count). The number of rotatable bonds is 12. The molecule has 0 spiro atoms. The van der Waals surface area contributed by atoms with Gasteiger partial charge in [-0.2, -0.15) is 5.26 Å². The van der Waals surface area contributed by atoms with Gasteiger partial charge < -0.3 is 15.0 Å². The van der Waals surface area contributed by atoms with Crippen molar-refractivity contribution in [2.75, 3.05) is 37.7 Å². The smallest absolute Gasteiger partial charge is 0.263 e. The summed E-state index contributed by atoms with van der Waals surface area (Å²) >= 11 is 1.34. The second kappa shape index (κ2) is 14.3. The summed E-state index contributed by atoms with van der Waals surface area (Å²) < 4.78 is 5.95. The van der Waals surface area contributed by atoms with Gasteiger partial charge in [0.1, 0.15) is 27.3 Å². The van der Waals surface area contributed by atoms with Gasteiger partial charge in [-0.15, -0.1) is 23.7 Å². The molecule has 0 unspecified atom stereocenters. The Morgan fingerprint density at radius 2 is 1.80 bits per heavy atom. The highest BCUT2D eigenvalue weighted by Crippen LogP contribution is 2.40. The van der Waals surface area contributed by atoms with E-state index in [0.717, 1.165) is 30.9 Å². The van der Waals surface area contributed by atoms with Gasteiger partial charge >= 0.3 is 0 Å². The van der Waals surface area contributed by atoms with Crippen LogP contribution in [0.2, 0.25) is 0 Å². The molecule has 35 heavy (non-hydrogen) atoms. The van der Waals surface area contributed by atoms with Gasteiger partial charge in [-0.3, -0.25) is 9.69 Å². The molecule has 0 saturated heterocycles. The molecular weight excluding hydrogens is 482 g/mol. The second-order valence-corrected chi connectivity index (χ2v) is 9.67. The number of hydrogen-bond acceptors (Lipinski definition) is 7. The lowest BCUT2D eigenvalue weighted by atomic mass is 10.1. The topological polar surface area (TPSA) is 81.5 Å². The van der Waals surface area contributed by atoms with Crippen LogP contribution in [0.15, 0.2) is 12.1 Å². The van der Waals surface area contributed by atoms with E-state index in [4.69, 9.17) is 4.74 Å². The first kappa shape index (κ1) is 30.7. The summed E-state index contributed by atoms with van der Waals surface area (Å²) in [5, 5.41) is 13.7. The van der Waals surface area contributed by atoms with Crippen LogP contribution in [0.25, 0.3) is 10.6 Å². The molecule has 1 N–H and O–H groups in total. The highest BCUT2D eigenvalue weighted by Gasteiger charge is 2.23. The van der Waals surface area contributed by atoms with Gasteiger partial charge in [0.05, 0.1) is 23.6 Å². The zero-order valence-electron chi connectivity index (χ0n) is 22.3. The number of nitrogens with one attached hydrogen (secondary N) is 1. The Balaban J connectivity index is 0.00000612.